The van der Waals surface area contributed by atoms with Crippen molar-refractivity contribution in [2.75, 3.05) is 39.3 Å². The van der Waals surface area contributed by atoms with Crippen molar-refractivity contribution in [3.63, 3.8) is 0 Å². The Labute approximate surface area is 400 Å². The van der Waals surface area contributed by atoms with Crippen LogP contribution in [0.4, 0.5) is 4.39 Å². The lowest BCUT2D eigenvalue weighted by molar-refractivity contribution is -0.135. The number of carbonyl (C=O) groups excluding carboxylic acids is 4. The van der Waals surface area contributed by atoms with Gasteiger partial charge in [-0.1, -0.05) is 45.7 Å². The first kappa shape index (κ1) is 46.0. The fourth-order valence-electron chi connectivity index (χ4n) is 9.81. The molecule has 0 bridgehead atoms. The molecule has 0 radical (unpaired) electrons. The standard InChI is InChI=1S/C50H52BrClFN9O5/c1-28-45(30(3)58(5)57-28)46-39(52)14-13-37-35(9-7-23-67-42-10-6-8-32-24-34(53)11-12-36(32)42)29(2)61(48(37)46)22-19-59-17-20-60(21-18-59)44(64)27-62-31(4)54-47-38(25-33(51)26-41(47)62)49(65)55-40-15-16-43(63)56-50(40)66/h6,8,10-14,24-26,40H,7,9,15-23,27H2,1-5H3,(H,55,65)(H,56,63,66). The second-order valence-corrected chi connectivity index (χ2v) is 18.9. The molecule has 14 nitrogen and oxygen atoms in total. The number of rotatable bonds is 13. The van der Waals surface area contributed by atoms with Crippen molar-refractivity contribution in [1.29, 1.82) is 0 Å². The highest BCUT2D eigenvalue weighted by molar-refractivity contribution is 9.10. The summed E-state index contributed by atoms with van der Waals surface area (Å²) in [5, 5.41) is 13.3. The lowest BCUT2D eigenvalue weighted by atomic mass is 9.98. The molecule has 2 fully saturated rings. The molecule has 2 aliphatic rings. The van der Waals surface area contributed by atoms with Gasteiger partial charge in [0.05, 0.1) is 33.9 Å². The van der Waals surface area contributed by atoms with E-state index in [4.69, 9.17) is 26.4 Å². The minimum Gasteiger partial charge on any atom is -0.493 e. The van der Waals surface area contributed by atoms with Gasteiger partial charge < -0.3 is 24.1 Å². The first-order valence-corrected chi connectivity index (χ1v) is 23.8. The minimum absolute atomic E-state index is 0.0479. The number of ether oxygens (including phenoxy) is 1. The molecule has 1 unspecified atom stereocenters. The predicted molar refractivity (Wildman–Crippen MR) is 260 cm³/mol. The third kappa shape index (κ3) is 9.06. The van der Waals surface area contributed by atoms with Crippen LogP contribution in [-0.2, 0) is 40.9 Å². The second kappa shape index (κ2) is 18.9. The normalized spacial score (nSPS) is 15.8. The fourth-order valence-corrected chi connectivity index (χ4v) is 10.5. The highest BCUT2D eigenvalue weighted by Gasteiger charge is 2.30. The summed E-state index contributed by atoms with van der Waals surface area (Å²) in [5.41, 5.74) is 8.74. The molecule has 9 rings (SSSR count). The van der Waals surface area contributed by atoms with E-state index in [2.05, 4.69) is 55.9 Å². The largest absolute Gasteiger partial charge is 0.493 e. The zero-order valence-corrected chi connectivity index (χ0v) is 40.5. The number of fused-ring (bicyclic) bond motifs is 3. The van der Waals surface area contributed by atoms with Crippen LogP contribution in [0.5, 0.6) is 5.75 Å². The fraction of sp³-hybridized carbons (Fsp3) is 0.360. The summed E-state index contributed by atoms with van der Waals surface area (Å²) in [6, 6.07) is 17.2. The van der Waals surface area contributed by atoms with Gasteiger partial charge in [0.2, 0.25) is 17.7 Å². The van der Waals surface area contributed by atoms with E-state index < -0.39 is 17.9 Å². The van der Waals surface area contributed by atoms with Crippen molar-refractivity contribution >= 4 is 83.9 Å². The number of amides is 4. The number of hydrogen-bond donors (Lipinski definition) is 2. The Balaban J connectivity index is 0.896. The van der Waals surface area contributed by atoms with Crippen LogP contribution in [0.1, 0.15) is 58.1 Å². The van der Waals surface area contributed by atoms with Crippen molar-refractivity contribution in [2.24, 2.45) is 7.05 Å². The molecule has 5 heterocycles. The highest BCUT2D eigenvalue weighted by Crippen LogP contribution is 2.42. The molecule has 0 spiro atoms. The first-order chi connectivity index (χ1) is 32.2. The number of piperidine rings is 1. The van der Waals surface area contributed by atoms with Crippen LogP contribution in [0.15, 0.2) is 65.1 Å². The number of hydrogen-bond acceptors (Lipinski definition) is 8. The van der Waals surface area contributed by atoms with E-state index in [1.54, 1.807) is 19.1 Å². The third-order valence-electron chi connectivity index (χ3n) is 13.4. The highest BCUT2D eigenvalue weighted by atomic mass is 79.9. The van der Waals surface area contributed by atoms with Crippen molar-refractivity contribution < 1.29 is 28.3 Å². The molecule has 2 aliphatic heterocycles. The van der Waals surface area contributed by atoms with E-state index in [-0.39, 0.29) is 42.6 Å². The lowest BCUT2D eigenvalue weighted by Crippen LogP contribution is -2.52. The Morgan fingerprint density at radius 1 is 0.940 bits per heavy atom. The van der Waals surface area contributed by atoms with Crippen LogP contribution in [-0.4, -0.2) is 103 Å². The number of imidazole rings is 1. The van der Waals surface area contributed by atoms with Gasteiger partial charge in [-0.05, 0) is 100 Å². The Bertz CT molecular complexity index is 3130. The zero-order valence-electron chi connectivity index (χ0n) is 38.1. The Morgan fingerprint density at radius 2 is 1.72 bits per heavy atom. The molecule has 0 saturated carbocycles. The van der Waals surface area contributed by atoms with Gasteiger partial charge in [0.15, 0.2) is 0 Å². The maximum atomic E-state index is 13.9. The molecule has 67 heavy (non-hydrogen) atoms. The quantitative estimate of drug-likeness (QED) is 0.0882. The summed E-state index contributed by atoms with van der Waals surface area (Å²) in [6.45, 7) is 12.6. The van der Waals surface area contributed by atoms with Crippen molar-refractivity contribution in [3.8, 4) is 16.9 Å². The molecule has 3 aromatic heterocycles. The van der Waals surface area contributed by atoms with Gasteiger partial charge in [-0.15, -0.1) is 0 Å². The number of aromatic nitrogens is 5. The van der Waals surface area contributed by atoms with Crippen LogP contribution in [0.3, 0.4) is 0 Å². The minimum atomic E-state index is -0.836. The molecule has 4 aromatic carbocycles. The average molecular weight is 993 g/mol. The van der Waals surface area contributed by atoms with Crippen LogP contribution in [0.2, 0.25) is 5.02 Å². The average Bonchev–Trinajstić information content (AvgIpc) is 3.85. The first-order valence-electron chi connectivity index (χ1n) is 22.6. The molecule has 2 saturated heterocycles. The van der Waals surface area contributed by atoms with Gasteiger partial charge in [-0.2, -0.15) is 5.10 Å². The molecule has 2 N–H and O–H groups in total. The van der Waals surface area contributed by atoms with Gasteiger partial charge in [-0.3, -0.25) is 34.1 Å². The number of nitrogens with zero attached hydrogens (tertiary/aromatic N) is 7. The lowest BCUT2D eigenvalue weighted by Gasteiger charge is -2.35. The van der Waals surface area contributed by atoms with Crippen LogP contribution < -0.4 is 15.4 Å². The summed E-state index contributed by atoms with van der Waals surface area (Å²) in [7, 11) is 1.95. The van der Waals surface area contributed by atoms with Crippen molar-refractivity contribution in [1.82, 2.24) is 44.3 Å². The SMILES string of the molecule is Cc1nn(C)c(C)c1-c1c(Cl)ccc2c(CCCOc3cccc4cc(F)ccc34)c(C)n(CCN3CCN(C(=O)Cn4c(C)nc5c(C(=O)NC6CCC(=O)NC6=O)cc(Br)cc54)CC3)c12. The maximum absolute atomic E-state index is 13.9. The number of imide groups is 1. The Hall–Kier alpha value is -6.10. The Kier molecular flexibility index (Phi) is 13.0. The Morgan fingerprint density at radius 3 is 2.46 bits per heavy atom. The number of benzene rings is 4. The molecule has 4 amide bonds. The van der Waals surface area contributed by atoms with E-state index in [0.717, 1.165) is 69.3 Å². The predicted octanol–water partition coefficient (Wildman–Crippen LogP) is 7.72. The zero-order chi connectivity index (χ0) is 47.3. The monoisotopic (exact) mass is 991 g/mol. The molecular formula is C50H52BrClFN9O5. The number of nitrogens with one attached hydrogen (secondary N) is 2. The van der Waals surface area contributed by atoms with Crippen LogP contribution in [0.25, 0.3) is 43.8 Å². The molecule has 1 atom stereocenters. The summed E-state index contributed by atoms with van der Waals surface area (Å²) < 4.78 is 27.0. The summed E-state index contributed by atoms with van der Waals surface area (Å²) >= 11 is 10.7. The van der Waals surface area contributed by atoms with Crippen LogP contribution >= 0.6 is 27.5 Å². The summed E-state index contributed by atoms with van der Waals surface area (Å²) in [4.78, 5) is 60.4. The molecular weight excluding hydrogens is 941 g/mol. The number of piperazine rings is 1. The molecule has 7 aromatic rings. The van der Waals surface area contributed by atoms with Gasteiger partial charge in [-0.25, -0.2) is 9.37 Å². The molecule has 17 heteroatoms. The van der Waals surface area contributed by atoms with E-state index in [1.165, 1.54) is 23.4 Å². The number of carbonyl (C=O) groups is 4. The smallest absolute Gasteiger partial charge is 0.254 e. The van der Waals surface area contributed by atoms with Crippen molar-refractivity contribution in [2.45, 2.75) is 72.5 Å². The number of aryl methyl sites for hydroxylation is 4. The van der Waals surface area contributed by atoms with E-state index in [0.29, 0.717) is 65.7 Å². The van der Waals surface area contributed by atoms with Crippen molar-refractivity contribution in [3.05, 3.63) is 110 Å². The molecule has 348 valence electrons. The summed E-state index contributed by atoms with van der Waals surface area (Å²) in [5.74, 6) is -0.401. The van der Waals surface area contributed by atoms with Gasteiger partial charge >= 0.3 is 0 Å². The summed E-state index contributed by atoms with van der Waals surface area (Å²) in [6.07, 6.45) is 1.90. The van der Waals surface area contributed by atoms with E-state index in [1.807, 2.05) is 58.5 Å². The second-order valence-electron chi connectivity index (χ2n) is 17.5. The molecule has 0 aliphatic carbocycles. The number of halogens is 3. The van der Waals surface area contributed by atoms with E-state index >= 15 is 0 Å². The van der Waals surface area contributed by atoms with Gasteiger partial charge in [0.1, 0.15) is 35.5 Å². The third-order valence-corrected chi connectivity index (χ3v) is 14.2. The van der Waals surface area contributed by atoms with Gasteiger partial charge in [0.25, 0.3) is 5.91 Å². The maximum Gasteiger partial charge on any atom is 0.254 e. The van der Waals surface area contributed by atoms with Gasteiger partial charge in [0, 0.05) is 90.5 Å². The van der Waals surface area contributed by atoms with Crippen LogP contribution in [0, 0.1) is 33.5 Å². The topological polar surface area (TPSA) is 149 Å². The van der Waals surface area contributed by atoms with E-state index in [9.17, 15) is 23.6 Å².